The third-order valence-electron chi connectivity index (χ3n) is 9.85. The van der Waals surface area contributed by atoms with Crippen molar-refractivity contribution in [2.75, 3.05) is 0 Å². The maximum atomic E-state index is 16.8. The van der Waals surface area contributed by atoms with Crippen LogP contribution in [0.3, 0.4) is 0 Å². The number of benzene rings is 7. The second-order valence-electron chi connectivity index (χ2n) is 12.4. The molecule has 0 nitrogen and oxygen atoms in total. The van der Waals surface area contributed by atoms with E-state index < -0.39 is 30.8 Å². The van der Waals surface area contributed by atoms with Crippen LogP contribution in [0.25, 0.3) is 0 Å². The summed E-state index contributed by atoms with van der Waals surface area (Å²) in [7, 11) is 0. The zero-order valence-corrected chi connectivity index (χ0v) is 30.9. The predicted octanol–water partition coefficient (Wildman–Crippen LogP) is 6.79. The summed E-state index contributed by atoms with van der Waals surface area (Å²) >= 11 is 0. The topological polar surface area (TPSA) is 0 Å². The Kier molecular flexibility index (Phi) is 10.5. The minimum absolute atomic E-state index is 0. The van der Waals surface area contributed by atoms with Crippen molar-refractivity contribution in [3.05, 3.63) is 217 Å². The number of rotatable bonds is 9. The van der Waals surface area contributed by atoms with Gasteiger partial charge in [-0.1, -0.05) is 0 Å². The molecule has 0 aliphatic carbocycles. The van der Waals surface area contributed by atoms with E-state index in [4.69, 9.17) is 0 Å². The third kappa shape index (κ3) is 5.77. The fourth-order valence-electron chi connectivity index (χ4n) is 7.92. The minimum atomic E-state index is -4.68. The van der Waals surface area contributed by atoms with Gasteiger partial charge < -0.3 is 17.0 Å². The second kappa shape index (κ2) is 14.7. The largest absolute Gasteiger partial charge is 1.00 e. The monoisotopic (exact) mass is 780 g/mol. The molecular formula is C44H35BrF4P2. The molecular weight excluding hydrogens is 746 g/mol. The van der Waals surface area contributed by atoms with Crippen molar-refractivity contribution in [3.63, 3.8) is 0 Å². The van der Waals surface area contributed by atoms with E-state index in [2.05, 4.69) is 109 Å². The molecule has 256 valence electrons. The molecule has 0 unspecified atom stereocenters. The summed E-state index contributed by atoms with van der Waals surface area (Å²) in [5.41, 5.74) is -0.771. The van der Waals surface area contributed by atoms with Gasteiger partial charge in [-0.15, -0.1) is 0 Å². The molecule has 0 aliphatic rings. The van der Waals surface area contributed by atoms with Crippen molar-refractivity contribution in [3.8, 4) is 0 Å². The first-order valence-corrected chi connectivity index (χ1v) is 21.3. The van der Waals surface area contributed by atoms with Gasteiger partial charge in [-0.05, 0) is 0 Å². The van der Waals surface area contributed by atoms with Gasteiger partial charge >= 0.3 is 292 Å². The van der Waals surface area contributed by atoms with Crippen molar-refractivity contribution >= 4 is 45.1 Å². The average Bonchev–Trinajstić information content (AvgIpc) is 3.17. The Bertz CT molecular complexity index is 1990. The van der Waals surface area contributed by atoms with E-state index in [0.29, 0.717) is 6.07 Å². The van der Waals surface area contributed by atoms with Gasteiger partial charge in [-0.3, -0.25) is 0 Å². The van der Waals surface area contributed by atoms with Gasteiger partial charge in [0.05, 0.1) is 0 Å². The van der Waals surface area contributed by atoms with Crippen LogP contribution in [-0.2, 0) is 12.3 Å². The summed E-state index contributed by atoms with van der Waals surface area (Å²) < 4.78 is 58.8. The molecule has 0 heterocycles. The summed E-state index contributed by atoms with van der Waals surface area (Å²) in [6.45, 7) is -3.08. The maximum absolute atomic E-state index is 16.8. The molecule has 0 bridgehead atoms. The van der Waals surface area contributed by atoms with Gasteiger partial charge in [-0.25, -0.2) is 0 Å². The molecule has 0 aliphatic heterocycles. The minimum Gasteiger partial charge on any atom is -1.00 e. The van der Waals surface area contributed by atoms with Crippen molar-refractivity contribution in [1.82, 2.24) is 0 Å². The van der Waals surface area contributed by atoms with E-state index in [0.717, 1.165) is 37.9 Å². The molecule has 0 N–H and O–H groups in total. The van der Waals surface area contributed by atoms with E-state index >= 15 is 4.39 Å². The Balaban J connectivity index is 0.00000448. The predicted molar refractivity (Wildman–Crippen MR) is 205 cm³/mol. The fraction of sp³-hybridized carbons (Fsp3) is 0.0455. The van der Waals surface area contributed by atoms with Gasteiger partial charge in [0.15, 0.2) is 0 Å². The molecule has 7 aromatic rings. The van der Waals surface area contributed by atoms with Crippen molar-refractivity contribution in [1.29, 1.82) is 0 Å². The molecule has 0 saturated carbocycles. The molecule has 51 heavy (non-hydrogen) atoms. The van der Waals surface area contributed by atoms with Crippen LogP contribution in [0.15, 0.2) is 200 Å². The first kappa shape index (κ1) is 36.4. The van der Waals surface area contributed by atoms with Gasteiger partial charge in [-0.2, -0.15) is 0 Å². The molecule has 0 aromatic heterocycles. The Labute approximate surface area is 307 Å². The Morgan fingerprint density at radius 3 is 1.04 bits per heavy atom. The van der Waals surface area contributed by atoms with Crippen LogP contribution < -0.4 is 48.8 Å². The van der Waals surface area contributed by atoms with Gasteiger partial charge in [0.25, 0.3) is 0 Å². The summed E-state index contributed by atoms with van der Waals surface area (Å²) in [6.07, 6.45) is -8.83. The van der Waals surface area contributed by atoms with Crippen molar-refractivity contribution < 1.29 is 34.5 Å². The van der Waals surface area contributed by atoms with Crippen LogP contribution in [0.4, 0.5) is 17.6 Å². The average molecular weight is 782 g/mol. The number of halogens is 5. The molecule has 0 radical (unpaired) electrons. The number of alkyl halides is 3. The van der Waals surface area contributed by atoms with Crippen LogP contribution in [0.1, 0.15) is 11.1 Å². The van der Waals surface area contributed by atoms with Crippen LogP contribution >= 0.6 is 13.2 Å². The fourth-order valence-corrected chi connectivity index (χ4v) is 29.4. The summed E-state index contributed by atoms with van der Waals surface area (Å²) in [5, 5.41) is 6.37. The maximum Gasteiger partial charge on any atom is -1.00 e. The van der Waals surface area contributed by atoms with E-state index in [-0.39, 0.29) is 28.7 Å². The standard InChI is InChI=1S/C44H35F4P2.BrH/c45-43-33-36(44(46,47)48)32-31-35(43)34-50(40-25-13-4-14-26-40,41-27-15-5-16-28-41,42-29-17-6-18-30-42)49(37-19-7-1-8-20-37,38-21-9-2-10-22-38)39-23-11-3-12-24-39;/h1-33H,34H2;1H/q+1;/p-1. The van der Waals surface area contributed by atoms with Gasteiger partial charge in [0.1, 0.15) is 0 Å². The molecule has 7 aromatic carbocycles. The van der Waals surface area contributed by atoms with Crippen molar-refractivity contribution in [2.45, 2.75) is 12.3 Å². The Morgan fingerprint density at radius 2 is 0.745 bits per heavy atom. The summed E-state index contributed by atoms with van der Waals surface area (Å²) in [5.74, 6) is -0.871. The zero-order valence-electron chi connectivity index (χ0n) is 27.5. The number of hydrogen-bond acceptors (Lipinski definition) is 0. The smallest absolute Gasteiger partial charge is 1.00 e. The van der Waals surface area contributed by atoms with Crippen LogP contribution in [0, 0.1) is 5.82 Å². The van der Waals surface area contributed by atoms with E-state index in [1.54, 1.807) is 0 Å². The quantitative estimate of drug-likeness (QED) is 0.112. The normalized spacial score (nSPS) is 12.7. The molecule has 7 heteroatoms. The molecule has 0 amide bonds. The Morgan fingerprint density at radius 1 is 0.431 bits per heavy atom. The third-order valence-corrected chi connectivity index (χ3v) is 28.1. The first-order valence-electron chi connectivity index (χ1n) is 16.4. The zero-order chi connectivity index (χ0) is 34.7. The molecule has 0 atom stereocenters. The summed E-state index contributed by atoms with van der Waals surface area (Å²) in [6, 6.07) is 65.6. The van der Waals surface area contributed by atoms with Gasteiger partial charge in [0.2, 0.25) is 0 Å². The number of hydrogen-bond donors (Lipinski definition) is 0. The van der Waals surface area contributed by atoms with Crippen LogP contribution in [0.5, 0.6) is 0 Å². The molecule has 0 saturated heterocycles. The second-order valence-corrected chi connectivity index (χ2v) is 24.0. The van der Waals surface area contributed by atoms with Gasteiger partial charge in [0, 0.05) is 0 Å². The van der Waals surface area contributed by atoms with Crippen LogP contribution in [0.2, 0.25) is 0 Å². The Hall–Kier alpha value is -4.40. The SMILES string of the molecule is Fc1cc(C(F)(F)F)ccc1CP(c1ccccc1)(c1ccccc1)(c1ccccc1)[P+](c1ccccc1)(c1ccccc1)c1ccccc1.[Br-]. The molecule has 7 rings (SSSR count). The van der Waals surface area contributed by atoms with E-state index in [1.165, 1.54) is 6.07 Å². The molecule has 0 fully saturated rings. The summed E-state index contributed by atoms with van der Waals surface area (Å²) in [4.78, 5) is 0. The van der Waals surface area contributed by atoms with E-state index in [1.807, 2.05) is 72.8 Å². The first-order chi connectivity index (χ1) is 24.3. The van der Waals surface area contributed by atoms with E-state index in [9.17, 15) is 13.2 Å². The van der Waals surface area contributed by atoms with Crippen molar-refractivity contribution in [2.24, 2.45) is 0 Å². The molecule has 0 spiro atoms. The van der Waals surface area contributed by atoms with Crippen LogP contribution in [-0.4, -0.2) is 0 Å².